The Morgan fingerprint density at radius 3 is 2.54 bits per heavy atom. The first kappa shape index (κ1) is 17.5. The lowest BCUT2D eigenvalue weighted by molar-refractivity contribution is -0.947. The molecule has 0 aromatic heterocycles. The summed E-state index contributed by atoms with van der Waals surface area (Å²) in [5, 5.41) is 0. The number of hydrogen-bond donors (Lipinski definition) is 0. The van der Waals surface area contributed by atoms with E-state index in [1.54, 1.807) is 0 Å². The first-order valence-corrected chi connectivity index (χ1v) is 9.50. The van der Waals surface area contributed by atoms with E-state index in [1.165, 1.54) is 55.2 Å². The van der Waals surface area contributed by atoms with Gasteiger partial charge in [0.25, 0.3) is 0 Å². The summed E-state index contributed by atoms with van der Waals surface area (Å²) in [6.45, 7) is 9.32. The van der Waals surface area contributed by atoms with E-state index >= 15 is 0 Å². The minimum atomic E-state index is -0.147. The van der Waals surface area contributed by atoms with Crippen molar-refractivity contribution in [3.8, 4) is 0 Å². The second-order valence-corrected chi connectivity index (χ2v) is 8.24. The average Bonchev–Trinajstić information content (AvgIpc) is 2.55. The standard InChI is InChI=1S/C21H32NO2/c1-15-12-17(3)19(13-16(15)2)21(23)24-14-18-8-7-11-22(4)10-6-5-9-20(18)22/h12-13,18,20H,5-11,14H2,1-4H3/q+1. The molecule has 2 saturated heterocycles. The summed E-state index contributed by atoms with van der Waals surface area (Å²) in [4.78, 5) is 12.6. The highest BCUT2D eigenvalue weighted by molar-refractivity contribution is 5.91. The van der Waals surface area contributed by atoms with Gasteiger partial charge in [0, 0.05) is 12.3 Å². The molecule has 2 aliphatic heterocycles. The van der Waals surface area contributed by atoms with Crippen LogP contribution >= 0.6 is 0 Å². The maximum atomic E-state index is 12.6. The second-order valence-electron chi connectivity index (χ2n) is 8.24. The van der Waals surface area contributed by atoms with Crippen LogP contribution in [-0.2, 0) is 4.74 Å². The smallest absolute Gasteiger partial charge is 0.338 e. The first-order chi connectivity index (χ1) is 11.4. The Hall–Kier alpha value is -1.35. The van der Waals surface area contributed by atoms with Crippen LogP contribution in [0.2, 0.25) is 0 Å². The third kappa shape index (κ3) is 3.37. The van der Waals surface area contributed by atoms with Gasteiger partial charge in [0.05, 0.1) is 31.7 Å². The van der Waals surface area contributed by atoms with Crippen molar-refractivity contribution in [1.82, 2.24) is 0 Å². The molecule has 3 heteroatoms. The lowest BCUT2D eigenvalue weighted by Crippen LogP contribution is -2.61. The number of ether oxygens (including phenoxy) is 1. The van der Waals surface area contributed by atoms with Crippen molar-refractivity contribution in [3.05, 3.63) is 34.4 Å². The van der Waals surface area contributed by atoms with Gasteiger partial charge in [-0.1, -0.05) is 6.07 Å². The van der Waals surface area contributed by atoms with Crippen LogP contribution in [0.25, 0.3) is 0 Å². The molecular weight excluding hydrogens is 298 g/mol. The molecule has 2 fully saturated rings. The molecule has 0 spiro atoms. The van der Waals surface area contributed by atoms with Crippen molar-refractivity contribution in [2.24, 2.45) is 5.92 Å². The highest BCUT2D eigenvalue weighted by atomic mass is 16.5. The maximum Gasteiger partial charge on any atom is 0.338 e. The fourth-order valence-corrected chi connectivity index (χ4v) is 4.87. The van der Waals surface area contributed by atoms with Crippen molar-refractivity contribution >= 4 is 5.97 Å². The lowest BCUT2D eigenvalue weighted by Gasteiger charge is -2.51. The van der Waals surface area contributed by atoms with Crippen molar-refractivity contribution in [1.29, 1.82) is 0 Å². The highest BCUT2D eigenvalue weighted by Gasteiger charge is 2.43. The van der Waals surface area contributed by atoms with Crippen LogP contribution in [0.3, 0.4) is 0 Å². The van der Waals surface area contributed by atoms with Gasteiger partial charge >= 0.3 is 5.97 Å². The van der Waals surface area contributed by atoms with Gasteiger partial charge in [0.2, 0.25) is 0 Å². The Kier molecular flexibility index (Phi) is 5.00. The number of hydrogen-bond acceptors (Lipinski definition) is 2. The van der Waals surface area contributed by atoms with Gasteiger partial charge in [0.15, 0.2) is 0 Å². The van der Waals surface area contributed by atoms with E-state index in [0.717, 1.165) is 16.7 Å². The number of fused-ring (bicyclic) bond motifs is 1. The van der Waals surface area contributed by atoms with Crippen molar-refractivity contribution in [2.75, 3.05) is 26.7 Å². The summed E-state index contributed by atoms with van der Waals surface area (Å²) in [6.07, 6.45) is 6.44. The summed E-state index contributed by atoms with van der Waals surface area (Å²) in [5.41, 5.74) is 4.13. The van der Waals surface area contributed by atoms with E-state index in [-0.39, 0.29) is 5.97 Å². The monoisotopic (exact) mass is 330 g/mol. The molecule has 1 aromatic carbocycles. The SMILES string of the molecule is Cc1cc(C)c(C(=O)OCC2CCC[N+]3(C)CCCCC23)cc1C. The Morgan fingerprint density at radius 2 is 1.75 bits per heavy atom. The van der Waals surface area contributed by atoms with Crippen LogP contribution in [0, 0.1) is 26.7 Å². The molecule has 0 amide bonds. The van der Waals surface area contributed by atoms with Crippen molar-refractivity contribution in [2.45, 2.75) is 58.9 Å². The first-order valence-electron chi connectivity index (χ1n) is 9.50. The van der Waals surface area contributed by atoms with Gasteiger partial charge in [-0.2, -0.15) is 0 Å². The van der Waals surface area contributed by atoms with Gasteiger partial charge in [-0.25, -0.2) is 4.79 Å². The lowest BCUT2D eigenvalue weighted by atomic mass is 9.82. The molecule has 0 N–H and O–H groups in total. The maximum absolute atomic E-state index is 12.6. The molecule has 0 radical (unpaired) electrons. The molecule has 1 aromatic rings. The molecule has 2 heterocycles. The Balaban J connectivity index is 1.67. The fraction of sp³-hybridized carbons (Fsp3) is 0.667. The third-order valence-electron chi connectivity index (χ3n) is 6.50. The molecule has 2 aliphatic rings. The number of piperidine rings is 2. The van der Waals surface area contributed by atoms with Crippen LogP contribution in [0.15, 0.2) is 12.1 Å². The fourth-order valence-electron chi connectivity index (χ4n) is 4.87. The largest absolute Gasteiger partial charge is 0.462 e. The molecule has 3 unspecified atom stereocenters. The van der Waals surface area contributed by atoms with E-state index in [2.05, 4.69) is 27.0 Å². The van der Waals surface area contributed by atoms with Gasteiger partial charge < -0.3 is 9.22 Å². The van der Waals surface area contributed by atoms with E-state index in [0.29, 0.717) is 18.6 Å². The minimum absolute atomic E-state index is 0.147. The van der Waals surface area contributed by atoms with Crippen LogP contribution < -0.4 is 0 Å². The average molecular weight is 330 g/mol. The summed E-state index contributed by atoms with van der Waals surface area (Å²) in [5.74, 6) is 0.381. The van der Waals surface area contributed by atoms with E-state index in [4.69, 9.17) is 4.74 Å². The number of rotatable bonds is 3. The predicted octanol–water partition coefficient (Wildman–Crippen LogP) is 4.18. The minimum Gasteiger partial charge on any atom is -0.462 e. The number of benzene rings is 1. The van der Waals surface area contributed by atoms with E-state index < -0.39 is 0 Å². The third-order valence-corrected chi connectivity index (χ3v) is 6.50. The zero-order valence-electron chi connectivity index (χ0n) is 15.7. The normalized spacial score (nSPS) is 29.8. The van der Waals surface area contributed by atoms with Crippen LogP contribution in [0.4, 0.5) is 0 Å². The number of esters is 1. The number of aryl methyl sites for hydroxylation is 3. The summed E-state index contributed by atoms with van der Waals surface area (Å²) in [6, 6.07) is 4.75. The van der Waals surface area contributed by atoms with E-state index in [9.17, 15) is 4.79 Å². The highest BCUT2D eigenvalue weighted by Crippen LogP contribution is 2.36. The van der Waals surface area contributed by atoms with Crippen LogP contribution in [0.1, 0.15) is 59.2 Å². The van der Waals surface area contributed by atoms with Gasteiger partial charge in [0.1, 0.15) is 6.61 Å². The van der Waals surface area contributed by atoms with Crippen molar-refractivity contribution < 1.29 is 14.0 Å². The van der Waals surface area contributed by atoms with Crippen LogP contribution in [0.5, 0.6) is 0 Å². The number of nitrogens with zero attached hydrogens (tertiary/aromatic N) is 1. The number of carbonyl (C=O) groups excluding carboxylic acids is 1. The number of carbonyl (C=O) groups is 1. The quantitative estimate of drug-likeness (QED) is 0.614. The Morgan fingerprint density at radius 1 is 1.04 bits per heavy atom. The van der Waals surface area contributed by atoms with Crippen LogP contribution in [-0.4, -0.2) is 43.2 Å². The molecule has 3 rings (SSSR count). The molecule has 24 heavy (non-hydrogen) atoms. The summed E-state index contributed by atoms with van der Waals surface area (Å²) in [7, 11) is 2.41. The zero-order valence-corrected chi connectivity index (χ0v) is 15.7. The summed E-state index contributed by atoms with van der Waals surface area (Å²) >= 11 is 0. The molecular formula is C21H32NO2+. The van der Waals surface area contributed by atoms with Gasteiger partial charge in [-0.05, 0) is 69.2 Å². The molecule has 3 atom stereocenters. The Labute approximate surface area is 146 Å². The van der Waals surface area contributed by atoms with Crippen molar-refractivity contribution in [3.63, 3.8) is 0 Å². The molecule has 132 valence electrons. The zero-order chi connectivity index (χ0) is 17.3. The van der Waals surface area contributed by atoms with Gasteiger partial charge in [-0.15, -0.1) is 0 Å². The molecule has 0 saturated carbocycles. The molecule has 0 bridgehead atoms. The topological polar surface area (TPSA) is 26.3 Å². The van der Waals surface area contributed by atoms with Gasteiger partial charge in [-0.3, -0.25) is 0 Å². The summed E-state index contributed by atoms with van der Waals surface area (Å²) < 4.78 is 6.99. The molecule has 0 aliphatic carbocycles. The van der Waals surface area contributed by atoms with E-state index in [1.807, 2.05) is 13.0 Å². The second kappa shape index (κ2) is 6.87. The Bertz CT molecular complexity index is 621. The predicted molar refractivity (Wildman–Crippen MR) is 97.2 cm³/mol. The molecule has 3 nitrogen and oxygen atoms in total. The number of quaternary nitrogens is 1.